The summed E-state index contributed by atoms with van der Waals surface area (Å²) in [6.45, 7) is 4.13. The Morgan fingerprint density at radius 2 is 2.21 bits per heavy atom. The van der Waals surface area contributed by atoms with E-state index in [0.717, 1.165) is 36.2 Å². The topological polar surface area (TPSA) is 62.7 Å². The van der Waals surface area contributed by atoms with Crippen LogP contribution in [0.5, 0.6) is 0 Å². The van der Waals surface area contributed by atoms with Crippen LogP contribution in [0.1, 0.15) is 29.3 Å². The zero-order valence-electron chi connectivity index (χ0n) is 10.9. The van der Waals surface area contributed by atoms with E-state index in [-0.39, 0.29) is 0 Å². The number of piperidine rings is 1. The molecule has 3 heterocycles. The van der Waals surface area contributed by atoms with Gasteiger partial charge in [0.25, 0.3) is 0 Å². The van der Waals surface area contributed by atoms with Crippen LogP contribution in [0.2, 0.25) is 0 Å². The molecule has 0 amide bonds. The molecule has 5 nitrogen and oxygen atoms in total. The molecule has 1 atom stereocenters. The fraction of sp³-hybridized carbons (Fsp3) is 0.462. The van der Waals surface area contributed by atoms with Crippen molar-refractivity contribution in [3.8, 4) is 0 Å². The van der Waals surface area contributed by atoms with Gasteiger partial charge in [-0.2, -0.15) is 0 Å². The molecule has 1 saturated heterocycles. The Morgan fingerprint density at radius 1 is 1.32 bits per heavy atom. The molecule has 0 spiro atoms. The van der Waals surface area contributed by atoms with E-state index in [1.165, 1.54) is 11.3 Å². The maximum absolute atomic E-state index is 4.52. The van der Waals surface area contributed by atoms with Gasteiger partial charge in [-0.15, -0.1) is 11.3 Å². The summed E-state index contributed by atoms with van der Waals surface area (Å²) >= 11 is 1.63. The lowest BCUT2D eigenvalue weighted by atomic mass is 9.96. The highest BCUT2D eigenvalue weighted by Gasteiger charge is 2.20. The lowest BCUT2D eigenvalue weighted by molar-refractivity contribution is 0.455. The van der Waals surface area contributed by atoms with E-state index < -0.39 is 0 Å². The third-order valence-corrected chi connectivity index (χ3v) is 4.08. The quantitative estimate of drug-likeness (QED) is 0.901. The van der Waals surface area contributed by atoms with Gasteiger partial charge in [-0.05, 0) is 26.3 Å². The molecule has 1 fully saturated rings. The average molecular weight is 275 g/mol. The summed E-state index contributed by atoms with van der Waals surface area (Å²) in [5, 5.41) is 7.59. The number of hydrogen-bond donors (Lipinski definition) is 2. The minimum absolute atomic E-state index is 0.436. The van der Waals surface area contributed by atoms with E-state index in [0.29, 0.717) is 5.92 Å². The molecule has 19 heavy (non-hydrogen) atoms. The molecular formula is C13H17N5S. The van der Waals surface area contributed by atoms with Crippen molar-refractivity contribution in [3.05, 3.63) is 29.2 Å². The number of rotatable bonds is 3. The smallest absolute Gasteiger partial charge is 0.188 e. The van der Waals surface area contributed by atoms with Crippen LogP contribution in [0.25, 0.3) is 0 Å². The van der Waals surface area contributed by atoms with Crippen LogP contribution in [0.4, 0.5) is 10.9 Å². The van der Waals surface area contributed by atoms with E-state index >= 15 is 0 Å². The largest absolute Gasteiger partial charge is 0.316 e. The summed E-state index contributed by atoms with van der Waals surface area (Å²) in [6, 6.07) is 0. The summed E-state index contributed by atoms with van der Waals surface area (Å²) < 4.78 is 0. The minimum Gasteiger partial charge on any atom is -0.316 e. The molecule has 0 aliphatic carbocycles. The standard InChI is InChI=1S/C13H17N5S/c1-9-7-17-13(19-9)18-12-11(15-5-6-16-12)10-3-2-4-14-8-10/h5-7,10,14H,2-4,8H2,1H3,(H,16,17,18)/t10-/m1/s1. The Bertz CT molecular complexity index is 547. The number of thiazole rings is 1. The van der Waals surface area contributed by atoms with Crippen molar-refractivity contribution in [1.29, 1.82) is 0 Å². The van der Waals surface area contributed by atoms with Gasteiger partial charge >= 0.3 is 0 Å². The first-order valence-electron chi connectivity index (χ1n) is 6.54. The fourth-order valence-electron chi connectivity index (χ4n) is 2.34. The van der Waals surface area contributed by atoms with Gasteiger partial charge in [0.1, 0.15) is 0 Å². The van der Waals surface area contributed by atoms with Gasteiger partial charge < -0.3 is 10.6 Å². The van der Waals surface area contributed by atoms with Crippen LogP contribution in [-0.4, -0.2) is 28.0 Å². The Labute approximate surface area is 116 Å². The Morgan fingerprint density at radius 3 is 2.95 bits per heavy atom. The lowest BCUT2D eigenvalue weighted by Crippen LogP contribution is -2.29. The van der Waals surface area contributed by atoms with Gasteiger partial charge in [0, 0.05) is 35.9 Å². The molecule has 0 aromatic carbocycles. The Kier molecular flexibility index (Phi) is 3.70. The Balaban J connectivity index is 1.84. The van der Waals surface area contributed by atoms with E-state index in [2.05, 4.69) is 25.6 Å². The number of aromatic nitrogens is 3. The molecule has 0 radical (unpaired) electrons. The Hall–Kier alpha value is -1.53. The van der Waals surface area contributed by atoms with E-state index in [4.69, 9.17) is 0 Å². The second-order valence-corrected chi connectivity index (χ2v) is 5.97. The molecule has 2 aromatic rings. The SMILES string of the molecule is Cc1cnc(Nc2nccnc2[C@@H]2CCCNC2)s1. The van der Waals surface area contributed by atoms with Crippen molar-refractivity contribution >= 4 is 22.3 Å². The highest BCUT2D eigenvalue weighted by molar-refractivity contribution is 7.15. The van der Waals surface area contributed by atoms with Crippen molar-refractivity contribution in [2.45, 2.75) is 25.7 Å². The van der Waals surface area contributed by atoms with E-state index in [1.807, 2.05) is 13.1 Å². The van der Waals surface area contributed by atoms with Crippen LogP contribution < -0.4 is 10.6 Å². The second kappa shape index (κ2) is 5.63. The molecular weight excluding hydrogens is 258 g/mol. The van der Waals surface area contributed by atoms with E-state index in [1.54, 1.807) is 23.7 Å². The minimum atomic E-state index is 0.436. The first-order chi connectivity index (χ1) is 9.33. The normalized spacial score (nSPS) is 19.3. The van der Waals surface area contributed by atoms with Crippen LogP contribution in [0, 0.1) is 6.92 Å². The average Bonchev–Trinajstić information content (AvgIpc) is 2.86. The summed E-state index contributed by atoms with van der Waals surface area (Å²) in [6.07, 6.45) is 7.71. The molecule has 3 rings (SSSR count). The predicted molar refractivity (Wildman–Crippen MR) is 77.0 cm³/mol. The first-order valence-corrected chi connectivity index (χ1v) is 7.35. The summed E-state index contributed by atoms with van der Waals surface area (Å²) in [7, 11) is 0. The zero-order valence-corrected chi connectivity index (χ0v) is 11.7. The van der Waals surface area contributed by atoms with Crippen molar-refractivity contribution in [1.82, 2.24) is 20.3 Å². The lowest BCUT2D eigenvalue weighted by Gasteiger charge is -2.23. The molecule has 0 unspecified atom stereocenters. The molecule has 0 saturated carbocycles. The van der Waals surface area contributed by atoms with Crippen LogP contribution in [0.15, 0.2) is 18.6 Å². The van der Waals surface area contributed by atoms with Crippen molar-refractivity contribution in [3.63, 3.8) is 0 Å². The molecule has 2 N–H and O–H groups in total. The third-order valence-electron chi connectivity index (χ3n) is 3.26. The number of nitrogens with one attached hydrogen (secondary N) is 2. The summed E-state index contributed by atoms with van der Waals surface area (Å²) in [4.78, 5) is 14.4. The summed E-state index contributed by atoms with van der Waals surface area (Å²) in [5.74, 6) is 1.27. The number of anilines is 2. The molecule has 1 aliphatic heterocycles. The van der Waals surface area contributed by atoms with Gasteiger partial charge in [0.2, 0.25) is 0 Å². The molecule has 2 aromatic heterocycles. The van der Waals surface area contributed by atoms with Gasteiger partial charge in [-0.3, -0.25) is 4.98 Å². The maximum atomic E-state index is 4.52. The molecule has 100 valence electrons. The zero-order chi connectivity index (χ0) is 13.1. The van der Waals surface area contributed by atoms with E-state index in [9.17, 15) is 0 Å². The van der Waals surface area contributed by atoms with Crippen LogP contribution >= 0.6 is 11.3 Å². The third kappa shape index (κ3) is 2.90. The van der Waals surface area contributed by atoms with Gasteiger partial charge in [0.05, 0.1) is 5.69 Å². The highest BCUT2D eigenvalue weighted by Crippen LogP contribution is 2.29. The predicted octanol–water partition coefficient (Wildman–Crippen LogP) is 2.45. The molecule has 1 aliphatic rings. The van der Waals surface area contributed by atoms with Crippen molar-refractivity contribution < 1.29 is 0 Å². The molecule has 0 bridgehead atoms. The number of aryl methyl sites for hydroxylation is 1. The highest BCUT2D eigenvalue weighted by atomic mass is 32.1. The summed E-state index contributed by atoms with van der Waals surface area (Å²) in [5.41, 5.74) is 1.04. The maximum Gasteiger partial charge on any atom is 0.188 e. The number of nitrogens with zero attached hydrogens (tertiary/aromatic N) is 3. The fourth-order valence-corrected chi connectivity index (χ4v) is 3.01. The van der Waals surface area contributed by atoms with Crippen molar-refractivity contribution in [2.75, 3.05) is 18.4 Å². The number of hydrogen-bond acceptors (Lipinski definition) is 6. The van der Waals surface area contributed by atoms with Gasteiger partial charge in [-0.25, -0.2) is 9.97 Å². The monoisotopic (exact) mass is 275 g/mol. The first kappa shape index (κ1) is 12.5. The van der Waals surface area contributed by atoms with Crippen LogP contribution in [0.3, 0.4) is 0 Å². The van der Waals surface area contributed by atoms with Gasteiger partial charge in [-0.1, -0.05) is 0 Å². The molecule has 6 heteroatoms. The van der Waals surface area contributed by atoms with Crippen molar-refractivity contribution in [2.24, 2.45) is 0 Å². The van der Waals surface area contributed by atoms with Gasteiger partial charge in [0.15, 0.2) is 10.9 Å². The van der Waals surface area contributed by atoms with Crippen LogP contribution in [-0.2, 0) is 0 Å². The second-order valence-electron chi connectivity index (χ2n) is 4.73.